The maximum atomic E-state index is 11.4. The maximum absolute atomic E-state index is 11.4. The Labute approximate surface area is 110 Å². The van der Waals surface area contributed by atoms with E-state index in [-0.39, 0.29) is 5.97 Å². The molecule has 0 spiro atoms. The van der Waals surface area contributed by atoms with Crippen molar-refractivity contribution in [1.82, 2.24) is 0 Å². The number of ether oxygens (including phenoxy) is 1. The minimum absolute atomic E-state index is 0.243. The van der Waals surface area contributed by atoms with Crippen LogP contribution in [0.1, 0.15) is 51.9 Å². The van der Waals surface area contributed by atoms with Gasteiger partial charge in [0.2, 0.25) is 0 Å². The van der Waals surface area contributed by atoms with Gasteiger partial charge in [0.1, 0.15) is 6.04 Å². The Morgan fingerprint density at radius 1 is 1.24 bits per heavy atom. The number of unbranched alkanes of at least 4 members (excludes halogenated alkanes) is 5. The summed E-state index contributed by atoms with van der Waals surface area (Å²) in [5.74, 6) is 0.667. The largest absolute Gasteiger partial charge is 0.465 e. The molecule has 0 aromatic rings. The fraction of sp³-hybridized carbons (Fsp3) is 0.923. The Balaban J connectivity index is 3.32. The van der Waals surface area contributed by atoms with E-state index in [1.54, 1.807) is 11.8 Å². The third-order valence-corrected chi connectivity index (χ3v) is 3.32. The van der Waals surface area contributed by atoms with Crippen molar-refractivity contribution in [2.45, 2.75) is 57.9 Å². The van der Waals surface area contributed by atoms with Crippen LogP contribution in [0.5, 0.6) is 0 Å². The number of hydrogen-bond acceptors (Lipinski definition) is 4. The number of nitrogens with two attached hydrogens (primary N) is 1. The molecule has 0 rings (SSSR count). The van der Waals surface area contributed by atoms with Crippen molar-refractivity contribution in [2.24, 2.45) is 5.73 Å². The summed E-state index contributed by atoms with van der Waals surface area (Å²) in [5, 5.41) is 0. The molecule has 0 radical (unpaired) electrons. The summed E-state index contributed by atoms with van der Waals surface area (Å²) in [6.07, 6.45) is 9.92. The van der Waals surface area contributed by atoms with Crippen LogP contribution in [0.4, 0.5) is 0 Å². The monoisotopic (exact) mass is 261 g/mol. The smallest absolute Gasteiger partial charge is 0.322 e. The molecule has 4 heteroatoms. The van der Waals surface area contributed by atoms with E-state index in [1.807, 2.05) is 6.26 Å². The van der Waals surface area contributed by atoms with Crippen LogP contribution in [0, 0.1) is 0 Å². The van der Waals surface area contributed by atoms with Gasteiger partial charge in [0.25, 0.3) is 0 Å². The number of carbonyl (C=O) groups excluding carboxylic acids is 1. The molecule has 0 aliphatic carbocycles. The fourth-order valence-corrected chi connectivity index (χ4v) is 2.01. The van der Waals surface area contributed by atoms with Crippen molar-refractivity contribution in [3.05, 3.63) is 0 Å². The minimum atomic E-state index is -0.442. The van der Waals surface area contributed by atoms with Gasteiger partial charge in [-0.25, -0.2) is 0 Å². The van der Waals surface area contributed by atoms with Gasteiger partial charge in [-0.3, -0.25) is 4.79 Å². The second kappa shape index (κ2) is 12.2. The first-order chi connectivity index (χ1) is 8.22. The van der Waals surface area contributed by atoms with E-state index in [1.165, 1.54) is 25.7 Å². The van der Waals surface area contributed by atoms with Gasteiger partial charge in [0, 0.05) is 0 Å². The van der Waals surface area contributed by atoms with Crippen molar-refractivity contribution in [3.63, 3.8) is 0 Å². The molecule has 0 aliphatic rings. The topological polar surface area (TPSA) is 52.3 Å². The maximum Gasteiger partial charge on any atom is 0.322 e. The number of thioether (sulfide) groups is 1. The van der Waals surface area contributed by atoms with Gasteiger partial charge in [-0.15, -0.1) is 0 Å². The molecule has 0 fully saturated rings. The lowest BCUT2D eigenvalue weighted by Gasteiger charge is -2.10. The van der Waals surface area contributed by atoms with Crippen molar-refractivity contribution in [2.75, 3.05) is 18.6 Å². The van der Waals surface area contributed by atoms with Gasteiger partial charge in [0.15, 0.2) is 0 Å². The summed E-state index contributed by atoms with van der Waals surface area (Å²) < 4.78 is 5.13. The van der Waals surface area contributed by atoms with E-state index in [9.17, 15) is 4.79 Å². The van der Waals surface area contributed by atoms with Crippen molar-refractivity contribution < 1.29 is 9.53 Å². The van der Waals surface area contributed by atoms with E-state index < -0.39 is 6.04 Å². The molecular formula is C13H27NO2S. The summed E-state index contributed by atoms with van der Waals surface area (Å²) >= 11 is 1.70. The quantitative estimate of drug-likeness (QED) is 0.459. The second-order valence-corrected chi connectivity index (χ2v) is 5.31. The van der Waals surface area contributed by atoms with Gasteiger partial charge < -0.3 is 10.5 Å². The summed E-state index contributed by atoms with van der Waals surface area (Å²) in [5.41, 5.74) is 5.70. The highest BCUT2D eigenvalue weighted by molar-refractivity contribution is 7.98. The van der Waals surface area contributed by atoms with Crippen LogP contribution in [0.15, 0.2) is 0 Å². The van der Waals surface area contributed by atoms with E-state index in [2.05, 4.69) is 6.92 Å². The molecule has 0 saturated heterocycles. The van der Waals surface area contributed by atoms with Crippen LogP contribution >= 0.6 is 11.8 Å². The highest BCUT2D eigenvalue weighted by Gasteiger charge is 2.13. The Kier molecular flexibility index (Phi) is 12.1. The van der Waals surface area contributed by atoms with Gasteiger partial charge in [-0.05, 0) is 24.9 Å². The third kappa shape index (κ3) is 10.6. The number of esters is 1. The van der Waals surface area contributed by atoms with E-state index >= 15 is 0 Å². The SMILES string of the molecule is CCCCCCCCOC(=O)[C@H](N)CCSC. The van der Waals surface area contributed by atoms with Crippen LogP contribution in [-0.2, 0) is 9.53 Å². The van der Waals surface area contributed by atoms with E-state index in [0.29, 0.717) is 13.0 Å². The highest BCUT2D eigenvalue weighted by atomic mass is 32.2. The molecule has 3 nitrogen and oxygen atoms in total. The van der Waals surface area contributed by atoms with Crippen LogP contribution < -0.4 is 5.73 Å². The molecule has 0 aromatic carbocycles. The predicted molar refractivity (Wildman–Crippen MR) is 75.3 cm³/mol. The Morgan fingerprint density at radius 2 is 1.88 bits per heavy atom. The molecular weight excluding hydrogens is 234 g/mol. The Hall–Kier alpha value is -0.220. The lowest BCUT2D eigenvalue weighted by molar-refractivity contribution is -0.145. The third-order valence-electron chi connectivity index (χ3n) is 2.68. The first kappa shape index (κ1) is 16.8. The second-order valence-electron chi connectivity index (χ2n) is 4.32. The first-order valence-corrected chi connectivity index (χ1v) is 8.03. The number of rotatable bonds is 11. The average molecular weight is 261 g/mol. The predicted octanol–water partition coefficient (Wildman–Crippen LogP) is 2.97. The van der Waals surface area contributed by atoms with Gasteiger partial charge in [-0.2, -0.15) is 11.8 Å². The Morgan fingerprint density at radius 3 is 2.53 bits per heavy atom. The molecule has 0 aromatic heterocycles. The molecule has 0 bridgehead atoms. The first-order valence-electron chi connectivity index (χ1n) is 6.63. The lowest BCUT2D eigenvalue weighted by atomic mass is 10.1. The van der Waals surface area contributed by atoms with Crippen LogP contribution in [0.3, 0.4) is 0 Å². The number of hydrogen-bond donors (Lipinski definition) is 1. The van der Waals surface area contributed by atoms with Gasteiger partial charge in [-0.1, -0.05) is 39.0 Å². The fourth-order valence-electron chi connectivity index (χ4n) is 1.52. The summed E-state index contributed by atoms with van der Waals surface area (Å²) in [4.78, 5) is 11.4. The standard InChI is InChI=1S/C13H27NO2S/c1-3-4-5-6-7-8-10-16-13(15)12(14)9-11-17-2/h12H,3-11,14H2,1-2H3/t12-/m1/s1. The van der Waals surface area contributed by atoms with Crippen LogP contribution in [0.2, 0.25) is 0 Å². The van der Waals surface area contributed by atoms with E-state index in [4.69, 9.17) is 10.5 Å². The van der Waals surface area contributed by atoms with Crippen molar-refractivity contribution >= 4 is 17.7 Å². The molecule has 1 atom stereocenters. The molecule has 0 aliphatic heterocycles. The molecule has 0 amide bonds. The summed E-state index contributed by atoms with van der Waals surface area (Å²) in [6, 6.07) is -0.442. The Bertz CT molecular complexity index is 188. The molecule has 2 N–H and O–H groups in total. The van der Waals surface area contributed by atoms with Gasteiger partial charge in [0.05, 0.1) is 6.61 Å². The molecule has 102 valence electrons. The molecule has 0 saturated carbocycles. The normalized spacial score (nSPS) is 12.4. The minimum Gasteiger partial charge on any atom is -0.465 e. The zero-order valence-electron chi connectivity index (χ0n) is 11.2. The molecule has 0 unspecified atom stereocenters. The van der Waals surface area contributed by atoms with Crippen molar-refractivity contribution in [1.29, 1.82) is 0 Å². The highest BCUT2D eigenvalue weighted by Crippen LogP contribution is 2.05. The zero-order valence-corrected chi connectivity index (χ0v) is 12.1. The van der Waals surface area contributed by atoms with E-state index in [0.717, 1.165) is 18.6 Å². The van der Waals surface area contributed by atoms with Gasteiger partial charge >= 0.3 is 5.97 Å². The summed E-state index contributed by atoms with van der Waals surface area (Å²) in [6.45, 7) is 2.73. The zero-order chi connectivity index (χ0) is 12.9. The van der Waals surface area contributed by atoms with Crippen molar-refractivity contribution in [3.8, 4) is 0 Å². The number of carbonyl (C=O) groups is 1. The molecule has 17 heavy (non-hydrogen) atoms. The summed E-state index contributed by atoms with van der Waals surface area (Å²) in [7, 11) is 0. The van der Waals surface area contributed by atoms with Crippen LogP contribution in [-0.4, -0.2) is 30.6 Å². The molecule has 0 heterocycles. The lowest BCUT2D eigenvalue weighted by Crippen LogP contribution is -2.33. The van der Waals surface area contributed by atoms with Crippen LogP contribution in [0.25, 0.3) is 0 Å². The average Bonchev–Trinajstić information content (AvgIpc) is 2.34.